The Hall–Kier alpha value is -2.20. The number of hydrogen-bond acceptors (Lipinski definition) is 3. The fraction of sp³-hybridized carbons (Fsp3) is 0.200. The molecule has 2 aromatic heterocycles. The summed E-state index contributed by atoms with van der Waals surface area (Å²) in [6.07, 6.45) is 5.49. The highest BCUT2D eigenvalue weighted by Gasteiger charge is 2.06. The molecule has 0 spiro atoms. The van der Waals surface area contributed by atoms with Crippen LogP contribution in [0.25, 0.3) is 11.0 Å². The number of hydrogen-bond donors (Lipinski definition) is 2. The van der Waals surface area contributed by atoms with Crippen molar-refractivity contribution in [3.05, 3.63) is 59.7 Å². The Morgan fingerprint density at radius 2 is 1.89 bits per heavy atom. The summed E-state index contributed by atoms with van der Waals surface area (Å²) in [7, 11) is 0. The molecule has 0 amide bonds. The average molecular weight is 252 g/mol. The fourth-order valence-electron chi connectivity index (χ4n) is 2.24. The number of aromatic amines is 1. The van der Waals surface area contributed by atoms with Crippen LogP contribution in [0.15, 0.2) is 42.7 Å². The van der Waals surface area contributed by atoms with Gasteiger partial charge in [0, 0.05) is 25.4 Å². The van der Waals surface area contributed by atoms with Crippen molar-refractivity contribution in [1.29, 1.82) is 0 Å². The molecule has 1 aromatic carbocycles. The first-order chi connectivity index (χ1) is 9.36. The van der Waals surface area contributed by atoms with Crippen molar-refractivity contribution in [3.63, 3.8) is 0 Å². The highest BCUT2D eigenvalue weighted by atomic mass is 14.9. The summed E-state index contributed by atoms with van der Waals surface area (Å²) in [5.74, 6) is 1.01. The molecule has 3 N–H and O–H groups in total. The van der Waals surface area contributed by atoms with E-state index in [0.717, 1.165) is 35.3 Å². The summed E-state index contributed by atoms with van der Waals surface area (Å²) in [6.45, 7) is 0.520. The maximum absolute atomic E-state index is 5.73. The number of nitrogens with one attached hydrogen (secondary N) is 1. The van der Waals surface area contributed by atoms with Crippen LogP contribution < -0.4 is 5.73 Å². The molecule has 0 saturated carbocycles. The number of benzene rings is 1. The number of aromatic nitrogens is 3. The molecule has 0 unspecified atom stereocenters. The highest BCUT2D eigenvalue weighted by molar-refractivity contribution is 5.78. The summed E-state index contributed by atoms with van der Waals surface area (Å²) in [5, 5.41) is 0. The van der Waals surface area contributed by atoms with Crippen LogP contribution in [0.5, 0.6) is 0 Å². The SMILES string of the molecule is NCc1cccc2[nH]c(CCc3ccncc3)nc12. The maximum Gasteiger partial charge on any atom is 0.107 e. The van der Waals surface area contributed by atoms with Crippen LogP contribution in [0, 0.1) is 0 Å². The third kappa shape index (κ3) is 2.48. The number of pyridine rings is 1. The number of aryl methyl sites for hydroxylation is 2. The van der Waals surface area contributed by atoms with E-state index in [0.29, 0.717) is 6.54 Å². The topological polar surface area (TPSA) is 67.6 Å². The van der Waals surface area contributed by atoms with Gasteiger partial charge in [0.1, 0.15) is 5.82 Å². The van der Waals surface area contributed by atoms with Gasteiger partial charge in [-0.2, -0.15) is 0 Å². The number of H-pyrrole nitrogens is 1. The molecular weight excluding hydrogens is 236 g/mol. The lowest BCUT2D eigenvalue weighted by molar-refractivity contribution is 0.887. The zero-order chi connectivity index (χ0) is 13.1. The van der Waals surface area contributed by atoms with E-state index < -0.39 is 0 Å². The van der Waals surface area contributed by atoms with E-state index in [1.54, 1.807) is 0 Å². The van der Waals surface area contributed by atoms with Gasteiger partial charge in [-0.25, -0.2) is 4.98 Å². The van der Waals surface area contributed by atoms with Gasteiger partial charge in [0.15, 0.2) is 0 Å². The minimum Gasteiger partial charge on any atom is -0.342 e. The Balaban J connectivity index is 1.82. The Morgan fingerprint density at radius 3 is 2.68 bits per heavy atom. The van der Waals surface area contributed by atoms with Crippen LogP contribution in [0.3, 0.4) is 0 Å². The third-order valence-electron chi connectivity index (χ3n) is 3.27. The first-order valence-electron chi connectivity index (χ1n) is 6.42. The molecule has 19 heavy (non-hydrogen) atoms. The lowest BCUT2D eigenvalue weighted by Crippen LogP contribution is -1.97. The van der Waals surface area contributed by atoms with Crippen LogP contribution in [0.2, 0.25) is 0 Å². The van der Waals surface area contributed by atoms with Gasteiger partial charge >= 0.3 is 0 Å². The summed E-state index contributed by atoms with van der Waals surface area (Å²) >= 11 is 0. The second-order valence-electron chi connectivity index (χ2n) is 4.56. The van der Waals surface area contributed by atoms with E-state index in [1.165, 1.54) is 5.56 Å². The average Bonchev–Trinajstić information content (AvgIpc) is 2.89. The molecule has 3 aromatic rings. The van der Waals surface area contributed by atoms with E-state index in [1.807, 2.05) is 42.7 Å². The van der Waals surface area contributed by atoms with E-state index in [2.05, 4.69) is 15.0 Å². The first kappa shape index (κ1) is 11.9. The van der Waals surface area contributed by atoms with Gasteiger partial charge in [-0.05, 0) is 35.7 Å². The molecule has 2 heterocycles. The summed E-state index contributed by atoms with van der Waals surface area (Å²) < 4.78 is 0. The van der Waals surface area contributed by atoms with E-state index in [9.17, 15) is 0 Å². The standard InChI is InChI=1S/C15H16N4/c16-10-12-2-1-3-13-15(12)19-14(18-13)5-4-11-6-8-17-9-7-11/h1-3,6-9H,4-5,10,16H2,(H,18,19). The van der Waals surface area contributed by atoms with Gasteiger partial charge in [-0.1, -0.05) is 12.1 Å². The first-order valence-corrected chi connectivity index (χ1v) is 6.42. The summed E-state index contributed by atoms with van der Waals surface area (Å²) in [4.78, 5) is 12.0. The monoisotopic (exact) mass is 252 g/mol. The molecular formula is C15H16N4. The summed E-state index contributed by atoms with van der Waals surface area (Å²) in [6, 6.07) is 10.1. The van der Waals surface area contributed by atoms with Crippen molar-refractivity contribution in [2.45, 2.75) is 19.4 Å². The van der Waals surface area contributed by atoms with Crippen molar-refractivity contribution in [2.75, 3.05) is 0 Å². The van der Waals surface area contributed by atoms with Crippen LogP contribution in [-0.4, -0.2) is 15.0 Å². The van der Waals surface area contributed by atoms with Gasteiger partial charge < -0.3 is 10.7 Å². The molecule has 0 aliphatic heterocycles. The van der Waals surface area contributed by atoms with Crippen molar-refractivity contribution in [1.82, 2.24) is 15.0 Å². The largest absolute Gasteiger partial charge is 0.342 e. The van der Waals surface area contributed by atoms with E-state index in [4.69, 9.17) is 5.73 Å². The molecule has 4 heteroatoms. The number of imidazole rings is 1. The lowest BCUT2D eigenvalue weighted by atomic mass is 10.1. The molecule has 0 fully saturated rings. The molecule has 0 saturated heterocycles. The van der Waals surface area contributed by atoms with E-state index in [-0.39, 0.29) is 0 Å². The van der Waals surface area contributed by atoms with Gasteiger partial charge in [0.25, 0.3) is 0 Å². The van der Waals surface area contributed by atoms with Crippen molar-refractivity contribution in [3.8, 4) is 0 Å². The number of para-hydroxylation sites is 1. The fourth-order valence-corrected chi connectivity index (χ4v) is 2.24. The van der Waals surface area contributed by atoms with Crippen LogP contribution in [-0.2, 0) is 19.4 Å². The molecule has 0 atom stereocenters. The second kappa shape index (κ2) is 5.20. The van der Waals surface area contributed by atoms with Gasteiger partial charge in [0.2, 0.25) is 0 Å². The molecule has 96 valence electrons. The van der Waals surface area contributed by atoms with Crippen LogP contribution in [0.1, 0.15) is 17.0 Å². The van der Waals surface area contributed by atoms with Crippen molar-refractivity contribution < 1.29 is 0 Å². The highest BCUT2D eigenvalue weighted by Crippen LogP contribution is 2.16. The minimum absolute atomic E-state index is 0.520. The minimum atomic E-state index is 0.520. The predicted molar refractivity (Wildman–Crippen MR) is 75.6 cm³/mol. The van der Waals surface area contributed by atoms with Crippen LogP contribution >= 0.6 is 0 Å². The van der Waals surface area contributed by atoms with Gasteiger partial charge in [-0.3, -0.25) is 4.98 Å². The Kier molecular flexibility index (Phi) is 3.25. The Labute approximate surface area is 111 Å². The number of fused-ring (bicyclic) bond motifs is 1. The zero-order valence-electron chi connectivity index (χ0n) is 10.6. The van der Waals surface area contributed by atoms with Crippen molar-refractivity contribution >= 4 is 11.0 Å². The number of nitrogens with zero attached hydrogens (tertiary/aromatic N) is 2. The lowest BCUT2D eigenvalue weighted by Gasteiger charge is -1.97. The maximum atomic E-state index is 5.73. The molecule has 0 bridgehead atoms. The Morgan fingerprint density at radius 1 is 1.05 bits per heavy atom. The predicted octanol–water partition coefficient (Wildman–Crippen LogP) is 2.20. The number of rotatable bonds is 4. The van der Waals surface area contributed by atoms with E-state index >= 15 is 0 Å². The van der Waals surface area contributed by atoms with Gasteiger partial charge in [-0.15, -0.1) is 0 Å². The second-order valence-corrected chi connectivity index (χ2v) is 4.56. The van der Waals surface area contributed by atoms with Crippen molar-refractivity contribution in [2.24, 2.45) is 5.73 Å². The quantitative estimate of drug-likeness (QED) is 0.748. The number of nitrogens with two attached hydrogens (primary N) is 1. The molecule has 3 rings (SSSR count). The third-order valence-corrected chi connectivity index (χ3v) is 3.27. The smallest absolute Gasteiger partial charge is 0.107 e. The molecule has 0 radical (unpaired) electrons. The Bertz CT molecular complexity index is 673. The summed E-state index contributed by atoms with van der Waals surface area (Å²) in [5.41, 5.74) is 10.1. The normalized spacial score (nSPS) is 11.0. The molecule has 0 aliphatic carbocycles. The van der Waals surface area contributed by atoms with Crippen LogP contribution in [0.4, 0.5) is 0 Å². The van der Waals surface area contributed by atoms with Gasteiger partial charge in [0.05, 0.1) is 11.0 Å². The molecule has 4 nitrogen and oxygen atoms in total. The zero-order valence-corrected chi connectivity index (χ0v) is 10.6. The molecule has 0 aliphatic rings.